The van der Waals surface area contributed by atoms with Gasteiger partial charge in [-0.2, -0.15) is 5.10 Å². The lowest BCUT2D eigenvalue weighted by molar-refractivity contribution is 0.117. The molecule has 5 nitrogen and oxygen atoms in total. The summed E-state index contributed by atoms with van der Waals surface area (Å²) in [5.74, 6) is 0. The van der Waals surface area contributed by atoms with Crippen LogP contribution in [0.5, 0.6) is 0 Å². The quantitative estimate of drug-likeness (QED) is 0.599. The van der Waals surface area contributed by atoms with E-state index in [1.807, 2.05) is 16.9 Å². The van der Waals surface area contributed by atoms with Gasteiger partial charge in [0.2, 0.25) is 0 Å². The lowest BCUT2D eigenvalue weighted by Gasteiger charge is -2.22. The van der Waals surface area contributed by atoms with Crippen LogP contribution < -0.4 is 5.32 Å². The lowest BCUT2D eigenvalue weighted by atomic mass is 10.3. The van der Waals surface area contributed by atoms with Gasteiger partial charge in [0.15, 0.2) is 0 Å². The molecule has 0 aliphatic rings. The summed E-state index contributed by atoms with van der Waals surface area (Å²) >= 11 is 0. The normalized spacial score (nSPS) is 13.1. The molecule has 0 amide bonds. The average molecular weight is 254 g/mol. The molecule has 0 saturated heterocycles. The predicted octanol–water partition coefficient (Wildman–Crippen LogP) is 0.566. The molecule has 0 bridgehead atoms. The van der Waals surface area contributed by atoms with Crippen LogP contribution in [0.4, 0.5) is 0 Å². The molecule has 0 aromatic carbocycles. The van der Waals surface area contributed by atoms with Crippen molar-refractivity contribution in [2.45, 2.75) is 32.9 Å². The topological polar surface area (TPSA) is 53.3 Å². The van der Waals surface area contributed by atoms with Crippen LogP contribution in [0.3, 0.4) is 0 Å². The second kappa shape index (κ2) is 9.08. The van der Waals surface area contributed by atoms with E-state index in [4.69, 9.17) is 0 Å². The van der Waals surface area contributed by atoms with Crippen molar-refractivity contribution >= 4 is 0 Å². The van der Waals surface area contributed by atoms with Gasteiger partial charge in [-0.1, -0.05) is 13.8 Å². The molecule has 0 fully saturated rings. The SMILES string of the molecule is CCN(CC)CC(O)CNCCCn1cccn1. The fourth-order valence-corrected chi connectivity index (χ4v) is 1.91. The van der Waals surface area contributed by atoms with Crippen molar-refractivity contribution in [2.24, 2.45) is 0 Å². The maximum Gasteiger partial charge on any atom is 0.0791 e. The number of nitrogens with one attached hydrogen (secondary N) is 1. The first-order valence-electron chi connectivity index (χ1n) is 6.84. The maximum atomic E-state index is 9.84. The third-order valence-corrected chi connectivity index (χ3v) is 3.04. The average Bonchev–Trinajstić information content (AvgIpc) is 2.88. The van der Waals surface area contributed by atoms with E-state index < -0.39 is 0 Å². The number of aliphatic hydroxyl groups is 1. The molecule has 1 aromatic heterocycles. The molecule has 104 valence electrons. The molecule has 5 heteroatoms. The molecular weight excluding hydrogens is 228 g/mol. The number of hydrogen-bond acceptors (Lipinski definition) is 4. The van der Waals surface area contributed by atoms with Crippen molar-refractivity contribution in [2.75, 3.05) is 32.7 Å². The molecule has 0 aliphatic carbocycles. The third kappa shape index (κ3) is 6.14. The summed E-state index contributed by atoms with van der Waals surface area (Å²) in [6.07, 6.45) is 4.51. The van der Waals surface area contributed by atoms with Crippen LogP contribution in [0, 0.1) is 0 Å². The van der Waals surface area contributed by atoms with Gasteiger partial charge in [0.1, 0.15) is 0 Å². The number of hydrogen-bond donors (Lipinski definition) is 2. The molecule has 1 rings (SSSR count). The monoisotopic (exact) mass is 254 g/mol. The molecule has 1 unspecified atom stereocenters. The number of likely N-dealkylation sites (N-methyl/N-ethyl adjacent to an activating group) is 1. The summed E-state index contributed by atoms with van der Waals surface area (Å²) < 4.78 is 1.92. The van der Waals surface area contributed by atoms with Gasteiger partial charge >= 0.3 is 0 Å². The number of aliphatic hydroxyl groups excluding tert-OH is 1. The first-order chi connectivity index (χ1) is 8.76. The van der Waals surface area contributed by atoms with Gasteiger partial charge in [-0.3, -0.25) is 4.68 Å². The first kappa shape index (κ1) is 15.1. The van der Waals surface area contributed by atoms with Gasteiger partial charge < -0.3 is 15.3 Å². The molecule has 1 aromatic rings. The Labute approximate surface area is 110 Å². The third-order valence-electron chi connectivity index (χ3n) is 3.04. The van der Waals surface area contributed by atoms with Crippen molar-refractivity contribution in [3.05, 3.63) is 18.5 Å². The molecule has 1 atom stereocenters. The minimum Gasteiger partial charge on any atom is -0.390 e. The summed E-state index contributed by atoms with van der Waals surface area (Å²) in [6, 6.07) is 1.93. The van der Waals surface area contributed by atoms with Crippen LogP contribution in [0.2, 0.25) is 0 Å². The molecule has 2 N–H and O–H groups in total. The standard InChI is InChI=1S/C13H26N4O/c1-3-16(4-2)12-13(18)11-14-7-5-9-17-10-6-8-15-17/h6,8,10,13-14,18H,3-5,7,9,11-12H2,1-2H3. The number of aryl methyl sites for hydroxylation is 1. The van der Waals surface area contributed by atoms with Crippen LogP contribution in [0.25, 0.3) is 0 Å². The molecule has 18 heavy (non-hydrogen) atoms. The Morgan fingerprint density at radius 1 is 1.39 bits per heavy atom. The highest BCUT2D eigenvalue weighted by atomic mass is 16.3. The second-order valence-electron chi connectivity index (χ2n) is 4.47. The first-order valence-corrected chi connectivity index (χ1v) is 6.84. The highest BCUT2D eigenvalue weighted by Gasteiger charge is 2.07. The Morgan fingerprint density at radius 3 is 2.78 bits per heavy atom. The Kier molecular flexibility index (Phi) is 7.64. The van der Waals surface area contributed by atoms with E-state index in [0.717, 1.165) is 39.1 Å². The predicted molar refractivity (Wildman–Crippen MR) is 73.5 cm³/mol. The molecule has 0 saturated carbocycles. The van der Waals surface area contributed by atoms with Gasteiger partial charge in [-0.25, -0.2) is 0 Å². The smallest absolute Gasteiger partial charge is 0.0791 e. The minimum atomic E-state index is -0.283. The summed E-state index contributed by atoms with van der Waals surface area (Å²) in [6.45, 7) is 9.47. The van der Waals surface area contributed by atoms with E-state index in [1.54, 1.807) is 6.20 Å². The van der Waals surface area contributed by atoms with Crippen LogP contribution in [0.1, 0.15) is 20.3 Å². The minimum absolute atomic E-state index is 0.283. The zero-order valence-electron chi connectivity index (χ0n) is 11.5. The summed E-state index contributed by atoms with van der Waals surface area (Å²) in [7, 11) is 0. The van der Waals surface area contributed by atoms with Crippen LogP contribution >= 0.6 is 0 Å². The van der Waals surface area contributed by atoms with Crippen molar-refractivity contribution in [3.8, 4) is 0 Å². The Balaban J connectivity index is 2.00. The van der Waals surface area contributed by atoms with Gasteiger partial charge in [-0.05, 0) is 32.1 Å². The number of aromatic nitrogens is 2. The Morgan fingerprint density at radius 2 is 2.17 bits per heavy atom. The highest BCUT2D eigenvalue weighted by molar-refractivity contribution is 4.77. The van der Waals surface area contributed by atoms with E-state index in [1.165, 1.54) is 0 Å². The summed E-state index contributed by atoms with van der Waals surface area (Å²) in [4.78, 5) is 2.23. The fourth-order valence-electron chi connectivity index (χ4n) is 1.91. The lowest BCUT2D eigenvalue weighted by Crippen LogP contribution is -2.38. The van der Waals surface area contributed by atoms with Gasteiger partial charge in [-0.15, -0.1) is 0 Å². The molecule has 1 heterocycles. The largest absolute Gasteiger partial charge is 0.390 e. The molecule has 0 spiro atoms. The van der Waals surface area contributed by atoms with E-state index in [2.05, 4.69) is 29.2 Å². The zero-order valence-corrected chi connectivity index (χ0v) is 11.5. The molecule has 0 radical (unpaired) electrons. The van der Waals surface area contributed by atoms with Crippen LogP contribution in [-0.2, 0) is 6.54 Å². The van der Waals surface area contributed by atoms with Crippen molar-refractivity contribution in [3.63, 3.8) is 0 Å². The van der Waals surface area contributed by atoms with Crippen molar-refractivity contribution < 1.29 is 5.11 Å². The molecular formula is C13H26N4O. The number of rotatable bonds is 10. The van der Waals surface area contributed by atoms with Gasteiger partial charge in [0, 0.05) is 32.0 Å². The van der Waals surface area contributed by atoms with Crippen molar-refractivity contribution in [1.82, 2.24) is 20.0 Å². The fraction of sp³-hybridized carbons (Fsp3) is 0.769. The van der Waals surface area contributed by atoms with Crippen LogP contribution in [-0.4, -0.2) is 58.6 Å². The van der Waals surface area contributed by atoms with Gasteiger partial charge in [0.25, 0.3) is 0 Å². The summed E-state index contributed by atoms with van der Waals surface area (Å²) in [5.41, 5.74) is 0. The maximum absolute atomic E-state index is 9.84. The summed E-state index contributed by atoms with van der Waals surface area (Å²) in [5, 5.41) is 17.3. The van der Waals surface area contributed by atoms with Gasteiger partial charge in [0.05, 0.1) is 6.10 Å². The Bertz CT molecular complexity index is 285. The van der Waals surface area contributed by atoms with E-state index in [-0.39, 0.29) is 6.10 Å². The van der Waals surface area contributed by atoms with E-state index in [0.29, 0.717) is 6.54 Å². The van der Waals surface area contributed by atoms with E-state index in [9.17, 15) is 5.11 Å². The highest BCUT2D eigenvalue weighted by Crippen LogP contribution is 1.92. The second-order valence-corrected chi connectivity index (χ2v) is 4.47. The zero-order chi connectivity index (χ0) is 13.2. The van der Waals surface area contributed by atoms with E-state index >= 15 is 0 Å². The number of nitrogens with zero attached hydrogens (tertiary/aromatic N) is 3. The van der Waals surface area contributed by atoms with Crippen molar-refractivity contribution in [1.29, 1.82) is 0 Å². The molecule has 0 aliphatic heterocycles. The Hall–Kier alpha value is -0.910. The van der Waals surface area contributed by atoms with Crippen LogP contribution in [0.15, 0.2) is 18.5 Å².